The first-order valence-electron chi connectivity index (χ1n) is 20.3. The summed E-state index contributed by atoms with van der Waals surface area (Å²) in [6.45, 7) is 15.1. The topological polar surface area (TPSA) is 89.5 Å². The van der Waals surface area contributed by atoms with Crippen molar-refractivity contribution in [3.63, 3.8) is 0 Å². The molecule has 2 fully saturated rings. The Bertz CT molecular complexity index is 746. The summed E-state index contributed by atoms with van der Waals surface area (Å²) in [5.74, 6) is 0.673. The first-order chi connectivity index (χ1) is 23.4. The number of ether oxygens (including phenoxy) is 6. The minimum absolute atomic E-state index is 0.109. The first kappa shape index (κ1) is 44.8. The van der Waals surface area contributed by atoms with Crippen LogP contribution < -0.4 is 0 Å². The summed E-state index contributed by atoms with van der Waals surface area (Å²) in [7, 11) is 0. The number of unbranched alkanes of at least 4 members (excludes halogenated alkanes) is 12. The number of carbonyl (C=O) groups is 2. The van der Waals surface area contributed by atoms with Gasteiger partial charge in [0.05, 0.1) is 26.4 Å². The van der Waals surface area contributed by atoms with Crippen molar-refractivity contribution in [2.24, 2.45) is 11.8 Å². The first-order valence-corrected chi connectivity index (χ1v) is 20.3. The van der Waals surface area contributed by atoms with Crippen molar-refractivity contribution in [3.05, 3.63) is 0 Å². The molecule has 0 saturated carbocycles. The van der Waals surface area contributed by atoms with Gasteiger partial charge in [0.15, 0.2) is 12.6 Å². The van der Waals surface area contributed by atoms with Crippen LogP contribution in [0.15, 0.2) is 0 Å². The fraction of sp³-hybridized carbons (Fsp3) is 0.950. The second-order valence-corrected chi connectivity index (χ2v) is 14.0. The van der Waals surface area contributed by atoms with Crippen molar-refractivity contribution < 1.29 is 38.0 Å². The van der Waals surface area contributed by atoms with Gasteiger partial charge in [0.1, 0.15) is 12.2 Å². The van der Waals surface area contributed by atoms with Crippen molar-refractivity contribution in [1.29, 1.82) is 0 Å². The van der Waals surface area contributed by atoms with E-state index in [1.165, 1.54) is 77.0 Å². The molecule has 8 nitrogen and oxygen atoms in total. The molecule has 0 aliphatic carbocycles. The van der Waals surface area contributed by atoms with Gasteiger partial charge in [-0.1, -0.05) is 131 Å². The van der Waals surface area contributed by atoms with Crippen LogP contribution in [-0.4, -0.2) is 63.2 Å². The monoisotopic (exact) mass is 685 g/mol. The number of hydrogen-bond donors (Lipinski definition) is 0. The molecule has 2 saturated heterocycles. The number of rotatable bonds is 26. The molecule has 2 unspecified atom stereocenters. The van der Waals surface area contributed by atoms with Crippen molar-refractivity contribution >= 4 is 11.9 Å². The Morgan fingerprint density at radius 2 is 0.792 bits per heavy atom. The lowest BCUT2D eigenvalue weighted by molar-refractivity contribution is -0.245. The molecule has 0 amide bonds. The van der Waals surface area contributed by atoms with Gasteiger partial charge in [-0.25, -0.2) is 0 Å². The molecule has 2 aliphatic rings. The van der Waals surface area contributed by atoms with E-state index in [1.807, 2.05) is 0 Å². The van der Waals surface area contributed by atoms with E-state index in [0.717, 1.165) is 51.4 Å². The van der Waals surface area contributed by atoms with E-state index in [4.69, 9.17) is 28.4 Å². The number of esters is 2. The lowest BCUT2D eigenvalue weighted by Gasteiger charge is -2.33. The Morgan fingerprint density at radius 3 is 1.10 bits per heavy atom. The average Bonchev–Trinajstić information content (AvgIpc) is 3.10. The highest BCUT2D eigenvalue weighted by atomic mass is 16.7. The molecule has 2 rings (SSSR count). The van der Waals surface area contributed by atoms with Crippen LogP contribution in [0.4, 0.5) is 0 Å². The molecule has 2 atom stereocenters. The van der Waals surface area contributed by atoms with E-state index in [0.29, 0.717) is 51.1 Å². The molecule has 8 heteroatoms. The third-order valence-electron chi connectivity index (χ3n) is 9.53. The van der Waals surface area contributed by atoms with Gasteiger partial charge in [-0.3, -0.25) is 9.59 Å². The largest absolute Gasteiger partial charge is 0.457 e. The van der Waals surface area contributed by atoms with Gasteiger partial charge in [0.25, 0.3) is 0 Å². The SMILES string of the molecule is CCCCCCCC(=O)OC1COC(C(CC)CCCC)OC1.CCCCCCCCCC(=O)OC1COC(C(CC)CCCC)OC1. The highest BCUT2D eigenvalue weighted by molar-refractivity contribution is 5.69. The lowest BCUT2D eigenvalue weighted by Crippen LogP contribution is -2.41. The summed E-state index contributed by atoms with van der Waals surface area (Å²) in [4.78, 5) is 23.7. The van der Waals surface area contributed by atoms with Gasteiger partial charge >= 0.3 is 11.9 Å². The van der Waals surface area contributed by atoms with E-state index in [9.17, 15) is 9.59 Å². The maximum atomic E-state index is 11.9. The summed E-state index contributed by atoms with van der Waals surface area (Å²) in [6, 6.07) is 0. The summed E-state index contributed by atoms with van der Waals surface area (Å²) >= 11 is 0. The van der Waals surface area contributed by atoms with Crippen LogP contribution in [0.3, 0.4) is 0 Å². The van der Waals surface area contributed by atoms with Crippen molar-refractivity contribution in [3.8, 4) is 0 Å². The van der Waals surface area contributed by atoms with Crippen LogP contribution in [0, 0.1) is 11.8 Å². The molecule has 0 radical (unpaired) electrons. The summed E-state index contributed by atoms with van der Waals surface area (Å²) in [6.07, 6.45) is 23.7. The van der Waals surface area contributed by atoms with Crippen molar-refractivity contribution in [2.75, 3.05) is 26.4 Å². The number of carbonyl (C=O) groups excluding carboxylic acids is 2. The summed E-state index contributed by atoms with van der Waals surface area (Å²) in [5, 5.41) is 0. The highest BCUT2D eigenvalue weighted by Gasteiger charge is 2.31. The molecular weight excluding hydrogens is 608 g/mol. The standard InChI is InChI=1S/C21H40O4.C19H36O4/c1-4-7-9-10-11-12-13-15-20(22)25-19-16-23-21(24-17-19)18(6-3)14-8-5-2;1-4-7-9-10-11-13-18(20)23-17-14-21-19(22-15-17)16(6-3)12-8-5-2/h18-19,21H,4-17H2,1-3H3;16-17,19H,4-15H2,1-3H3. The fourth-order valence-corrected chi connectivity index (χ4v) is 6.27. The van der Waals surface area contributed by atoms with E-state index < -0.39 is 0 Å². The maximum absolute atomic E-state index is 11.9. The molecule has 284 valence electrons. The second kappa shape index (κ2) is 30.6. The third-order valence-corrected chi connectivity index (χ3v) is 9.53. The van der Waals surface area contributed by atoms with Crippen LogP contribution in [0.1, 0.15) is 183 Å². The van der Waals surface area contributed by atoms with Crippen molar-refractivity contribution in [2.45, 2.75) is 208 Å². The Labute approximate surface area is 295 Å². The zero-order valence-corrected chi connectivity index (χ0v) is 32.1. The molecular formula is C40H76O8. The molecule has 0 aromatic heterocycles. The molecule has 0 aromatic rings. The zero-order chi connectivity index (χ0) is 35.2. The highest BCUT2D eigenvalue weighted by Crippen LogP contribution is 2.25. The van der Waals surface area contributed by atoms with Crippen LogP contribution in [0.5, 0.6) is 0 Å². The lowest BCUT2D eigenvalue weighted by atomic mass is 9.98. The quantitative estimate of drug-likeness (QED) is 0.0657. The minimum atomic E-state index is -0.239. The molecule has 2 aliphatic heterocycles. The smallest absolute Gasteiger partial charge is 0.306 e. The summed E-state index contributed by atoms with van der Waals surface area (Å²) in [5.41, 5.74) is 0. The van der Waals surface area contributed by atoms with E-state index in [1.54, 1.807) is 0 Å². The molecule has 0 spiro atoms. The normalized spacial score (nSPS) is 22.3. The van der Waals surface area contributed by atoms with Gasteiger partial charge in [-0.2, -0.15) is 0 Å². The van der Waals surface area contributed by atoms with E-state index >= 15 is 0 Å². The van der Waals surface area contributed by atoms with Crippen molar-refractivity contribution in [1.82, 2.24) is 0 Å². The van der Waals surface area contributed by atoms with Gasteiger partial charge in [0, 0.05) is 24.7 Å². The zero-order valence-electron chi connectivity index (χ0n) is 32.1. The number of hydrogen-bond acceptors (Lipinski definition) is 8. The summed E-state index contributed by atoms with van der Waals surface area (Å²) < 4.78 is 34.2. The molecule has 0 aromatic carbocycles. The van der Waals surface area contributed by atoms with Gasteiger partial charge in [-0.15, -0.1) is 0 Å². The Kier molecular flexibility index (Phi) is 28.6. The molecule has 0 bridgehead atoms. The Morgan fingerprint density at radius 1 is 0.479 bits per heavy atom. The Hall–Kier alpha value is -1.22. The fourth-order valence-electron chi connectivity index (χ4n) is 6.27. The van der Waals surface area contributed by atoms with Crippen LogP contribution in [-0.2, 0) is 38.0 Å². The maximum Gasteiger partial charge on any atom is 0.306 e. The predicted octanol–water partition coefficient (Wildman–Crippen LogP) is 10.5. The van der Waals surface area contributed by atoms with Crippen LogP contribution in [0.25, 0.3) is 0 Å². The molecule has 0 N–H and O–H groups in total. The second-order valence-electron chi connectivity index (χ2n) is 14.0. The van der Waals surface area contributed by atoms with E-state index in [-0.39, 0.29) is 36.7 Å². The average molecular weight is 685 g/mol. The third kappa shape index (κ3) is 21.8. The predicted molar refractivity (Wildman–Crippen MR) is 194 cm³/mol. The van der Waals surface area contributed by atoms with Crippen LogP contribution >= 0.6 is 0 Å². The van der Waals surface area contributed by atoms with E-state index in [2.05, 4.69) is 41.5 Å². The molecule has 2 heterocycles. The van der Waals surface area contributed by atoms with Crippen LogP contribution in [0.2, 0.25) is 0 Å². The van der Waals surface area contributed by atoms with Gasteiger partial charge < -0.3 is 28.4 Å². The molecule has 48 heavy (non-hydrogen) atoms. The minimum Gasteiger partial charge on any atom is -0.457 e. The van der Waals surface area contributed by atoms with Gasteiger partial charge in [0.2, 0.25) is 0 Å². The van der Waals surface area contributed by atoms with Gasteiger partial charge in [-0.05, 0) is 38.5 Å². The Balaban J connectivity index is 0.000000482.